The summed E-state index contributed by atoms with van der Waals surface area (Å²) in [4.78, 5) is 23.1. The third-order valence-corrected chi connectivity index (χ3v) is 3.20. The van der Waals surface area contributed by atoms with Crippen molar-refractivity contribution in [2.75, 3.05) is 0 Å². The molecule has 0 aromatic heterocycles. The highest BCUT2D eigenvalue weighted by atomic mass is 16.5. The summed E-state index contributed by atoms with van der Waals surface area (Å²) in [6.07, 6.45) is 0.417. The van der Waals surface area contributed by atoms with Crippen LogP contribution in [0.15, 0.2) is 24.3 Å². The molecule has 0 spiro atoms. The highest BCUT2D eigenvalue weighted by Gasteiger charge is 2.17. The lowest BCUT2D eigenvalue weighted by molar-refractivity contribution is -0.132. The first kappa shape index (κ1) is 18.0. The van der Waals surface area contributed by atoms with Crippen molar-refractivity contribution >= 4 is 11.8 Å². The predicted octanol–water partition coefficient (Wildman–Crippen LogP) is 2.70. The smallest absolute Gasteiger partial charge is 0.279 e. The van der Waals surface area contributed by atoms with Gasteiger partial charge in [0.05, 0.1) is 0 Å². The molecule has 2 amide bonds. The number of carbonyl (C=O) groups excluding carboxylic acids is 2. The van der Waals surface area contributed by atoms with Gasteiger partial charge < -0.3 is 4.74 Å². The molecule has 1 atom stereocenters. The minimum Gasteiger partial charge on any atom is -0.481 e. The van der Waals surface area contributed by atoms with Crippen LogP contribution in [0.4, 0.5) is 0 Å². The second-order valence-electron chi connectivity index (χ2n) is 6.32. The maximum atomic E-state index is 11.8. The molecule has 0 heterocycles. The molecular formula is C17H26N2O3. The van der Waals surface area contributed by atoms with E-state index in [0.29, 0.717) is 12.2 Å². The number of nitrogens with one attached hydrogen (secondary N) is 2. The maximum Gasteiger partial charge on any atom is 0.279 e. The van der Waals surface area contributed by atoms with Crippen LogP contribution in [0.1, 0.15) is 53.0 Å². The number of hydrogen-bond acceptors (Lipinski definition) is 3. The summed E-state index contributed by atoms with van der Waals surface area (Å²) in [5, 5.41) is 0. The lowest BCUT2D eigenvalue weighted by Gasteiger charge is -2.20. The van der Waals surface area contributed by atoms with Crippen molar-refractivity contribution in [1.82, 2.24) is 10.9 Å². The Labute approximate surface area is 132 Å². The van der Waals surface area contributed by atoms with Gasteiger partial charge in [-0.15, -0.1) is 0 Å². The van der Waals surface area contributed by atoms with Crippen molar-refractivity contribution in [2.45, 2.75) is 59.0 Å². The zero-order chi connectivity index (χ0) is 16.8. The number of amides is 2. The molecule has 0 fully saturated rings. The molecule has 5 heteroatoms. The Bertz CT molecular complexity index is 504. The number of hydrogen-bond donors (Lipinski definition) is 2. The van der Waals surface area contributed by atoms with E-state index in [4.69, 9.17) is 4.74 Å². The Morgan fingerprint density at radius 2 is 1.73 bits per heavy atom. The molecule has 0 aliphatic heterocycles. The van der Waals surface area contributed by atoms with E-state index in [-0.39, 0.29) is 17.2 Å². The van der Waals surface area contributed by atoms with Crippen LogP contribution in [0.2, 0.25) is 0 Å². The van der Waals surface area contributed by atoms with Crippen molar-refractivity contribution in [1.29, 1.82) is 0 Å². The number of carbonyl (C=O) groups is 2. The molecular weight excluding hydrogens is 280 g/mol. The first-order chi connectivity index (χ1) is 10.2. The van der Waals surface area contributed by atoms with Crippen molar-refractivity contribution in [3.63, 3.8) is 0 Å². The van der Waals surface area contributed by atoms with Gasteiger partial charge in [-0.05, 0) is 36.5 Å². The Balaban J connectivity index is 2.52. The standard InChI is InChI=1S/C17H26N2O3/c1-6-7-15(20)18-19-16(21)12(2)22-14-10-8-13(9-11-14)17(3,4)5/h8-12H,6-7H2,1-5H3,(H,18,20)(H,19,21). The van der Waals surface area contributed by atoms with E-state index >= 15 is 0 Å². The molecule has 0 bridgehead atoms. The number of hydrazine groups is 1. The third kappa shape index (κ3) is 5.76. The molecule has 0 saturated carbocycles. The largest absolute Gasteiger partial charge is 0.481 e. The fourth-order valence-corrected chi connectivity index (χ4v) is 1.81. The van der Waals surface area contributed by atoms with E-state index in [1.165, 1.54) is 5.56 Å². The molecule has 122 valence electrons. The lowest BCUT2D eigenvalue weighted by Crippen LogP contribution is -2.47. The van der Waals surface area contributed by atoms with Crippen LogP contribution in [-0.2, 0) is 15.0 Å². The zero-order valence-electron chi connectivity index (χ0n) is 14.0. The summed E-state index contributed by atoms with van der Waals surface area (Å²) in [5.41, 5.74) is 5.99. The lowest BCUT2D eigenvalue weighted by atomic mass is 9.87. The Kier molecular flexibility index (Phi) is 6.40. The van der Waals surface area contributed by atoms with E-state index in [0.717, 1.165) is 6.42 Å². The quantitative estimate of drug-likeness (QED) is 0.822. The molecule has 1 rings (SSSR count). The van der Waals surface area contributed by atoms with Gasteiger partial charge in [-0.3, -0.25) is 20.4 Å². The van der Waals surface area contributed by atoms with E-state index in [2.05, 4.69) is 31.6 Å². The average Bonchev–Trinajstić information content (AvgIpc) is 2.44. The summed E-state index contributed by atoms with van der Waals surface area (Å²) in [5.74, 6) is 0.0254. The predicted molar refractivity (Wildman–Crippen MR) is 86.4 cm³/mol. The first-order valence-electron chi connectivity index (χ1n) is 7.60. The van der Waals surface area contributed by atoms with E-state index in [1.54, 1.807) is 6.92 Å². The fourth-order valence-electron chi connectivity index (χ4n) is 1.81. The minimum absolute atomic E-state index is 0.0745. The summed E-state index contributed by atoms with van der Waals surface area (Å²) < 4.78 is 5.57. The van der Waals surface area contributed by atoms with Gasteiger partial charge in [0, 0.05) is 6.42 Å². The van der Waals surface area contributed by atoms with Gasteiger partial charge >= 0.3 is 0 Å². The fraction of sp³-hybridized carbons (Fsp3) is 0.529. The van der Waals surface area contributed by atoms with Crippen LogP contribution >= 0.6 is 0 Å². The monoisotopic (exact) mass is 306 g/mol. The van der Waals surface area contributed by atoms with Gasteiger partial charge in [0.1, 0.15) is 5.75 Å². The normalized spacial score (nSPS) is 12.4. The van der Waals surface area contributed by atoms with Crippen molar-refractivity contribution < 1.29 is 14.3 Å². The van der Waals surface area contributed by atoms with E-state index < -0.39 is 6.10 Å². The second-order valence-corrected chi connectivity index (χ2v) is 6.32. The van der Waals surface area contributed by atoms with Gasteiger partial charge in [0.25, 0.3) is 5.91 Å². The molecule has 1 aromatic carbocycles. The van der Waals surface area contributed by atoms with Crippen LogP contribution in [0.5, 0.6) is 5.75 Å². The van der Waals surface area contributed by atoms with Crippen molar-refractivity contribution in [3.8, 4) is 5.75 Å². The molecule has 5 nitrogen and oxygen atoms in total. The van der Waals surface area contributed by atoms with Crippen LogP contribution in [0.3, 0.4) is 0 Å². The van der Waals surface area contributed by atoms with Crippen LogP contribution < -0.4 is 15.6 Å². The highest BCUT2D eigenvalue weighted by molar-refractivity contribution is 5.84. The summed E-state index contributed by atoms with van der Waals surface area (Å²) >= 11 is 0. The number of ether oxygens (including phenoxy) is 1. The summed E-state index contributed by atoms with van der Waals surface area (Å²) in [6.45, 7) is 9.95. The third-order valence-electron chi connectivity index (χ3n) is 3.20. The van der Waals surface area contributed by atoms with Crippen molar-refractivity contribution in [2.24, 2.45) is 0 Å². The van der Waals surface area contributed by atoms with E-state index in [1.807, 2.05) is 31.2 Å². The van der Waals surface area contributed by atoms with Crippen molar-refractivity contribution in [3.05, 3.63) is 29.8 Å². The van der Waals surface area contributed by atoms with Gasteiger partial charge in [-0.25, -0.2) is 0 Å². The van der Waals surface area contributed by atoms with Gasteiger partial charge in [0.15, 0.2) is 6.10 Å². The maximum absolute atomic E-state index is 11.8. The van der Waals surface area contributed by atoms with E-state index in [9.17, 15) is 9.59 Å². The first-order valence-corrected chi connectivity index (χ1v) is 7.60. The van der Waals surface area contributed by atoms with Crippen LogP contribution in [0.25, 0.3) is 0 Å². The minimum atomic E-state index is -0.692. The summed E-state index contributed by atoms with van der Waals surface area (Å²) in [7, 11) is 0. The highest BCUT2D eigenvalue weighted by Crippen LogP contribution is 2.24. The molecule has 0 radical (unpaired) electrons. The molecule has 2 N–H and O–H groups in total. The number of benzene rings is 1. The Hall–Kier alpha value is -2.04. The molecule has 0 aliphatic rings. The number of rotatable bonds is 5. The van der Waals surface area contributed by atoms with Gasteiger partial charge in [-0.2, -0.15) is 0 Å². The topological polar surface area (TPSA) is 67.4 Å². The van der Waals surface area contributed by atoms with Crippen LogP contribution in [-0.4, -0.2) is 17.9 Å². The summed E-state index contributed by atoms with van der Waals surface area (Å²) in [6, 6.07) is 7.67. The molecule has 1 unspecified atom stereocenters. The molecule has 0 saturated heterocycles. The van der Waals surface area contributed by atoms with Crippen LogP contribution in [0, 0.1) is 0 Å². The average molecular weight is 306 g/mol. The Morgan fingerprint density at radius 1 is 1.14 bits per heavy atom. The molecule has 22 heavy (non-hydrogen) atoms. The SMILES string of the molecule is CCCC(=O)NNC(=O)C(C)Oc1ccc(C(C)(C)C)cc1. The van der Waals surface area contributed by atoms with Gasteiger partial charge in [0.2, 0.25) is 5.91 Å². The van der Waals surface area contributed by atoms with Gasteiger partial charge in [-0.1, -0.05) is 39.8 Å². The second kappa shape index (κ2) is 7.82. The zero-order valence-corrected chi connectivity index (χ0v) is 14.0. The molecule has 0 aliphatic carbocycles. The molecule has 1 aromatic rings. The Morgan fingerprint density at radius 3 is 2.23 bits per heavy atom.